The highest BCUT2D eigenvalue weighted by Gasteiger charge is 2.22. The molecule has 17 heavy (non-hydrogen) atoms. The fraction of sp³-hybridized carbons (Fsp3) is 1.00. The number of nitrogens with one attached hydrogen (secondary N) is 1. The van der Waals surface area contributed by atoms with Gasteiger partial charge >= 0.3 is 0 Å². The van der Waals surface area contributed by atoms with Gasteiger partial charge in [0, 0.05) is 11.9 Å². The zero-order valence-corrected chi connectivity index (χ0v) is 12.2. The average Bonchev–Trinajstić information content (AvgIpc) is 2.54. The first-order chi connectivity index (χ1) is 8.05. The lowest BCUT2D eigenvalue weighted by Gasteiger charge is -2.23. The third kappa shape index (κ3) is 6.07. The average molecular weight is 282 g/mol. The topological polar surface area (TPSA) is 46.2 Å². The Kier molecular flexibility index (Phi) is 6.82. The molecule has 102 valence electrons. The van der Waals surface area contributed by atoms with E-state index >= 15 is 0 Å². The van der Waals surface area contributed by atoms with Gasteiger partial charge < -0.3 is 0 Å². The number of halogens is 1. The Hall–Kier alpha value is 0.200. The van der Waals surface area contributed by atoms with Crippen molar-refractivity contribution in [2.75, 3.05) is 11.6 Å². The maximum atomic E-state index is 11.8. The van der Waals surface area contributed by atoms with Crippen molar-refractivity contribution in [1.29, 1.82) is 0 Å². The van der Waals surface area contributed by atoms with Crippen LogP contribution >= 0.6 is 11.6 Å². The predicted molar refractivity (Wildman–Crippen MR) is 72.9 cm³/mol. The molecule has 0 saturated heterocycles. The summed E-state index contributed by atoms with van der Waals surface area (Å²) in [5.74, 6) is 1.05. The zero-order valence-electron chi connectivity index (χ0n) is 10.6. The molecule has 0 radical (unpaired) electrons. The maximum absolute atomic E-state index is 11.8. The second kappa shape index (κ2) is 7.59. The van der Waals surface area contributed by atoms with E-state index in [1.807, 2.05) is 6.92 Å². The summed E-state index contributed by atoms with van der Waals surface area (Å²) in [6, 6.07) is 0.0634. The van der Waals surface area contributed by atoms with Gasteiger partial charge in [-0.1, -0.05) is 25.7 Å². The number of hydrogen-bond donors (Lipinski definition) is 1. The molecule has 1 fully saturated rings. The van der Waals surface area contributed by atoms with Crippen molar-refractivity contribution in [3.05, 3.63) is 0 Å². The van der Waals surface area contributed by atoms with Crippen LogP contribution in [0.4, 0.5) is 0 Å². The largest absolute Gasteiger partial charge is 0.212 e. The van der Waals surface area contributed by atoms with Crippen LogP contribution in [0, 0.1) is 5.92 Å². The summed E-state index contributed by atoms with van der Waals surface area (Å²) in [5.41, 5.74) is 0. The summed E-state index contributed by atoms with van der Waals surface area (Å²) in [5, 5.41) is 0. The van der Waals surface area contributed by atoms with E-state index in [4.69, 9.17) is 11.6 Å². The van der Waals surface area contributed by atoms with Crippen LogP contribution in [0.25, 0.3) is 0 Å². The van der Waals surface area contributed by atoms with Crippen LogP contribution in [-0.2, 0) is 10.0 Å². The van der Waals surface area contributed by atoms with Gasteiger partial charge in [0.1, 0.15) is 0 Å². The summed E-state index contributed by atoms with van der Waals surface area (Å²) in [6.45, 7) is 1.99. The van der Waals surface area contributed by atoms with Crippen molar-refractivity contribution in [2.24, 2.45) is 5.92 Å². The smallest absolute Gasteiger partial charge is 0.211 e. The molecule has 3 nitrogen and oxygen atoms in total. The highest BCUT2D eigenvalue weighted by molar-refractivity contribution is 7.89. The number of sulfonamides is 1. The molecule has 0 aromatic rings. The lowest BCUT2D eigenvalue weighted by Crippen LogP contribution is -2.39. The molecule has 1 N–H and O–H groups in total. The SMILES string of the molecule is C[C@@H](NS(=O)(=O)CCCCl)C1CCCCCC1. The van der Waals surface area contributed by atoms with Crippen molar-refractivity contribution in [3.8, 4) is 0 Å². The Labute approximate surface area is 110 Å². The van der Waals surface area contributed by atoms with E-state index in [0.29, 0.717) is 18.2 Å². The zero-order chi connectivity index (χ0) is 12.7. The predicted octanol–water partition coefficient (Wildman–Crippen LogP) is 2.89. The molecule has 1 aliphatic rings. The second-order valence-electron chi connectivity index (χ2n) is 5.02. The van der Waals surface area contributed by atoms with E-state index in [1.54, 1.807) is 0 Å². The van der Waals surface area contributed by atoms with Crippen LogP contribution in [0.15, 0.2) is 0 Å². The number of rotatable bonds is 6. The van der Waals surface area contributed by atoms with Gasteiger partial charge in [0.2, 0.25) is 10.0 Å². The minimum Gasteiger partial charge on any atom is -0.212 e. The van der Waals surface area contributed by atoms with Gasteiger partial charge in [0.25, 0.3) is 0 Å². The molecular weight excluding hydrogens is 258 g/mol. The summed E-state index contributed by atoms with van der Waals surface area (Å²) >= 11 is 5.52. The van der Waals surface area contributed by atoms with Crippen LogP contribution < -0.4 is 4.72 Å². The fourth-order valence-electron chi connectivity index (χ4n) is 2.49. The van der Waals surface area contributed by atoms with Crippen molar-refractivity contribution in [3.63, 3.8) is 0 Å². The molecule has 0 aromatic heterocycles. The monoisotopic (exact) mass is 281 g/mol. The Bertz CT molecular complexity index is 298. The lowest BCUT2D eigenvalue weighted by molar-refractivity contribution is 0.370. The molecule has 0 aliphatic heterocycles. The maximum Gasteiger partial charge on any atom is 0.211 e. The molecule has 1 atom stereocenters. The van der Waals surface area contributed by atoms with Crippen molar-refractivity contribution in [2.45, 2.75) is 57.9 Å². The summed E-state index contributed by atoms with van der Waals surface area (Å²) in [7, 11) is -3.14. The molecule has 1 saturated carbocycles. The highest BCUT2D eigenvalue weighted by atomic mass is 35.5. The Morgan fingerprint density at radius 1 is 1.24 bits per heavy atom. The quantitative estimate of drug-likeness (QED) is 0.601. The van der Waals surface area contributed by atoms with Crippen LogP contribution in [-0.4, -0.2) is 26.1 Å². The number of alkyl halides is 1. The van der Waals surface area contributed by atoms with Gasteiger partial charge in [-0.3, -0.25) is 0 Å². The Morgan fingerprint density at radius 3 is 2.35 bits per heavy atom. The van der Waals surface area contributed by atoms with Gasteiger partial charge in [-0.25, -0.2) is 13.1 Å². The van der Waals surface area contributed by atoms with Crippen LogP contribution in [0.2, 0.25) is 0 Å². The van der Waals surface area contributed by atoms with Crippen molar-refractivity contribution in [1.82, 2.24) is 4.72 Å². The third-order valence-electron chi connectivity index (χ3n) is 3.52. The molecule has 1 rings (SSSR count). The van der Waals surface area contributed by atoms with E-state index in [-0.39, 0.29) is 11.8 Å². The highest BCUT2D eigenvalue weighted by Crippen LogP contribution is 2.25. The molecule has 0 unspecified atom stereocenters. The normalized spacial score (nSPS) is 21.1. The molecule has 1 aliphatic carbocycles. The first-order valence-electron chi connectivity index (χ1n) is 6.61. The van der Waals surface area contributed by atoms with Gasteiger partial charge in [0.05, 0.1) is 5.75 Å². The Morgan fingerprint density at radius 2 is 1.82 bits per heavy atom. The summed E-state index contributed by atoms with van der Waals surface area (Å²) in [6.07, 6.45) is 7.88. The van der Waals surface area contributed by atoms with E-state index in [2.05, 4.69) is 4.72 Å². The first kappa shape index (κ1) is 15.3. The molecule has 5 heteroatoms. The third-order valence-corrected chi connectivity index (χ3v) is 5.34. The van der Waals surface area contributed by atoms with Gasteiger partial charge in [-0.2, -0.15) is 0 Å². The minimum atomic E-state index is -3.14. The van der Waals surface area contributed by atoms with Crippen molar-refractivity contribution < 1.29 is 8.42 Å². The standard InChI is InChI=1S/C12H24ClNO2S/c1-11(12-7-4-2-3-5-8-12)14-17(15,16)10-6-9-13/h11-12,14H,2-10H2,1H3/t11-/m1/s1. The van der Waals surface area contributed by atoms with Gasteiger partial charge in [-0.05, 0) is 32.1 Å². The minimum absolute atomic E-state index is 0.0634. The first-order valence-corrected chi connectivity index (χ1v) is 8.80. The van der Waals surface area contributed by atoms with Gasteiger partial charge in [0.15, 0.2) is 0 Å². The van der Waals surface area contributed by atoms with Crippen molar-refractivity contribution >= 4 is 21.6 Å². The summed E-state index contributed by atoms with van der Waals surface area (Å²) in [4.78, 5) is 0. The van der Waals surface area contributed by atoms with Crippen LogP contribution in [0.3, 0.4) is 0 Å². The lowest BCUT2D eigenvalue weighted by atomic mass is 9.94. The number of hydrogen-bond acceptors (Lipinski definition) is 2. The van der Waals surface area contributed by atoms with Crippen LogP contribution in [0.1, 0.15) is 51.9 Å². The second-order valence-corrected chi connectivity index (χ2v) is 7.27. The van der Waals surface area contributed by atoms with Crippen LogP contribution in [0.5, 0.6) is 0 Å². The van der Waals surface area contributed by atoms with E-state index in [0.717, 1.165) is 12.8 Å². The van der Waals surface area contributed by atoms with E-state index < -0.39 is 10.0 Å². The molecule has 0 aromatic carbocycles. The molecule has 0 heterocycles. The molecule has 0 amide bonds. The van der Waals surface area contributed by atoms with E-state index in [9.17, 15) is 8.42 Å². The molecule has 0 spiro atoms. The molecule has 0 bridgehead atoms. The van der Waals surface area contributed by atoms with Gasteiger partial charge in [-0.15, -0.1) is 11.6 Å². The molecular formula is C12H24ClNO2S. The summed E-state index contributed by atoms with van der Waals surface area (Å²) < 4.78 is 26.3. The fourth-order valence-corrected chi connectivity index (χ4v) is 4.19. The van der Waals surface area contributed by atoms with E-state index in [1.165, 1.54) is 25.7 Å². The Balaban J connectivity index is 2.43.